The van der Waals surface area contributed by atoms with Gasteiger partial charge in [0.05, 0.1) is 5.56 Å². The van der Waals surface area contributed by atoms with E-state index < -0.39 is 11.9 Å². The Bertz CT molecular complexity index is 769. The molecular weight excluding hydrogens is 278 g/mol. The van der Waals surface area contributed by atoms with Crippen LogP contribution in [0.1, 0.15) is 20.9 Å². The van der Waals surface area contributed by atoms with E-state index in [-0.39, 0.29) is 11.3 Å². The van der Waals surface area contributed by atoms with E-state index in [1.165, 1.54) is 6.07 Å². The van der Waals surface area contributed by atoms with E-state index in [1.807, 2.05) is 18.2 Å². The molecule has 5 nitrogen and oxygen atoms in total. The van der Waals surface area contributed by atoms with Gasteiger partial charge in [0.1, 0.15) is 10.6 Å². The minimum Gasteiger partial charge on any atom is -0.478 e. The third-order valence-electron chi connectivity index (χ3n) is 2.77. The smallest absolute Gasteiger partial charge is 0.338 e. The van der Waals surface area contributed by atoms with E-state index in [0.29, 0.717) is 10.6 Å². The molecule has 0 saturated carbocycles. The quantitative estimate of drug-likeness (QED) is 0.773. The van der Waals surface area contributed by atoms with Crippen LogP contribution in [0.3, 0.4) is 0 Å². The average molecular weight is 287 g/mol. The standard InChI is InChI=1S/C14H9NO4S/c16-12(15-13-9(14(17)18)5-6-20-13)11-7-8-3-1-2-4-10(8)19-11/h1-7H,(H,15,16)(H,17,18). The van der Waals surface area contributed by atoms with Crippen molar-refractivity contribution in [3.8, 4) is 0 Å². The maximum absolute atomic E-state index is 12.1. The minimum absolute atomic E-state index is 0.0689. The van der Waals surface area contributed by atoms with Crippen molar-refractivity contribution < 1.29 is 19.1 Å². The number of thiophene rings is 1. The second-order valence-corrected chi connectivity index (χ2v) is 4.99. The number of carboxylic acids is 1. The Morgan fingerprint density at radius 1 is 1.20 bits per heavy atom. The number of anilines is 1. The molecule has 0 fully saturated rings. The van der Waals surface area contributed by atoms with Crippen LogP contribution in [0.2, 0.25) is 0 Å². The fourth-order valence-electron chi connectivity index (χ4n) is 1.83. The predicted octanol–water partition coefficient (Wildman–Crippen LogP) is 3.44. The molecule has 2 heterocycles. The number of fused-ring (bicyclic) bond motifs is 1. The number of furan rings is 1. The molecule has 6 heteroatoms. The third-order valence-corrected chi connectivity index (χ3v) is 3.60. The molecule has 1 amide bonds. The van der Waals surface area contributed by atoms with Gasteiger partial charge in [-0.2, -0.15) is 0 Å². The van der Waals surface area contributed by atoms with Gasteiger partial charge in [0.15, 0.2) is 5.76 Å². The number of hydrogen-bond acceptors (Lipinski definition) is 4. The molecule has 0 spiro atoms. The normalized spacial score (nSPS) is 10.6. The zero-order valence-electron chi connectivity index (χ0n) is 10.1. The monoisotopic (exact) mass is 287 g/mol. The van der Waals surface area contributed by atoms with Gasteiger partial charge >= 0.3 is 5.97 Å². The largest absolute Gasteiger partial charge is 0.478 e. The van der Waals surface area contributed by atoms with Crippen molar-refractivity contribution in [2.45, 2.75) is 0 Å². The van der Waals surface area contributed by atoms with Gasteiger partial charge in [0.25, 0.3) is 5.91 Å². The highest BCUT2D eigenvalue weighted by atomic mass is 32.1. The highest BCUT2D eigenvalue weighted by molar-refractivity contribution is 7.14. The summed E-state index contributed by atoms with van der Waals surface area (Å²) in [5, 5.41) is 14.3. The first-order valence-electron chi connectivity index (χ1n) is 5.76. The topological polar surface area (TPSA) is 79.5 Å². The van der Waals surface area contributed by atoms with Crippen molar-refractivity contribution in [1.29, 1.82) is 0 Å². The summed E-state index contributed by atoms with van der Waals surface area (Å²) in [6, 6.07) is 10.3. The Morgan fingerprint density at radius 2 is 2.00 bits per heavy atom. The van der Waals surface area contributed by atoms with Crippen LogP contribution >= 0.6 is 11.3 Å². The Morgan fingerprint density at radius 3 is 2.75 bits per heavy atom. The van der Waals surface area contributed by atoms with E-state index in [4.69, 9.17) is 9.52 Å². The molecule has 3 aromatic rings. The summed E-state index contributed by atoms with van der Waals surface area (Å²) >= 11 is 1.15. The Labute approximate surface area is 117 Å². The summed E-state index contributed by atoms with van der Waals surface area (Å²) in [5.41, 5.74) is 0.682. The van der Waals surface area contributed by atoms with Gasteiger partial charge in [-0.3, -0.25) is 4.79 Å². The van der Waals surface area contributed by atoms with E-state index >= 15 is 0 Å². The SMILES string of the molecule is O=C(Nc1sccc1C(=O)O)c1cc2ccccc2o1. The van der Waals surface area contributed by atoms with Crippen molar-refractivity contribution in [3.63, 3.8) is 0 Å². The van der Waals surface area contributed by atoms with Crippen LogP contribution in [-0.4, -0.2) is 17.0 Å². The molecular formula is C14H9NO4S. The molecule has 0 bridgehead atoms. The number of rotatable bonds is 3. The zero-order chi connectivity index (χ0) is 14.1. The Hall–Kier alpha value is -2.60. The summed E-state index contributed by atoms with van der Waals surface area (Å²) in [6.07, 6.45) is 0. The van der Waals surface area contributed by atoms with Crippen molar-refractivity contribution in [3.05, 3.63) is 53.1 Å². The third kappa shape index (κ3) is 2.17. The van der Waals surface area contributed by atoms with Gasteiger partial charge in [0.2, 0.25) is 0 Å². The molecule has 0 saturated heterocycles. The van der Waals surface area contributed by atoms with Crippen LogP contribution < -0.4 is 5.32 Å². The van der Waals surface area contributed by atoms with Crippen LogP contribution in [0.4, 0.5) is 5.00 Å². The summed E-state index contributed by atoms with van der Waals surface area (Å²) in [6.45, 7) is 0. The highest BCUT2D eigenvalue weighted by Gasteiger charge is 2.17. The number of amides is 1. The first kappa shape index (κ1) is 12.4. The van der Waals surface area contributed by atoms with Crippen LogP contribution in [-0.2, 0) is 0 Å². The summed E-state index contributed by atoms with van der Waals surface area (Å²) < 4.78 is 5.42. The van der Waals surface area contributed by atoms with Gasteiger partial charge in [-0.1, -0.05) is 18.2 Å². The van der Waals surface area contributed by atoms with E-state index in [9.17, 15) is 9.59 Å². The van der Waals surface area contributed by atoms with Crippen molar-refractivity contribution >= 4 is 39.2 Å². The number of para-hydroxylation sites is 1. The van der Waals surface area contributed by atoms with Crippen LogP contribution in [0.5, 0.6) is 0 Å². The number of carbonyl (C=O) groups excluding carboxylic acids is 1. The molecule has 3 rings (SSSR count). The number of nitrogens with one attached hydrogen (secondary N) is 1. The summed E-state index contributed by atoms with van der Waals surface area (Å²) in [5.74, 6) is -1.40. The van der Waals surface area contributed by atoms with Gasteiger partial charge in [0, 0.05) is 5.39 Å². The number of aromatic carboxylic acids is 1. The lowest BCUT2D eigenvalue weighted by Gasteiger charge is -2.01. The molecule has 2 N–H and O–H groups in total. The zero-order valence-corrected chi connectivity index (χ0v) is 10.9. The fourth-order valence-corrected chi connectivity index (χ4v) is 2.61. The molecule has 1 aromatic carbocycles. The molecule has 0 atom stereocenters. The second-order valence-electron chi connectivity index (χ2n) is 4.07. The number of benzene rings is 1. The number of carbonyl (C=O) groups is 2. The maximum atomic E-state index is 12.1. The molecule has 20 heavy (non-hydrogen) atoms. The molecule has 0 aliphatic heterocycles. The Balaban J connectivity index is 1.89. The van der Waals surface area contributed by atoms with Crippen molar-refractivity contribution in [2.75, 3.05) is 5.32 Å². The fraction of sp³-hybridized carbons (Fsp3) is 0. The van der Waals surface area contributed by atoms with Crippen molar-refractivity contribution in [1.82, 2.24) is 0 Å². The average Bonchev–Trinajstić information content (AvgIpc) is 3.03. The van der Waals surface area contributed by atoms with Gasteiger partial charge in [-0.25, -0.2) is 4.79 Å². The summed E-state index contributed by atoms with van der Waals surface area (Å²) in [7, 11) is 0. The van der Waals surface area contributed by atoms with Crippen LogP contribution in [0.15, 0.2) is 46.2 Å². The van der Waals surface area contributed by atoms with E-state index in [1.54, 1.807) is 17.5 Å². The number of hydrogen-bond donors (Lipinski definition) is 2. The molecule has 0 aliphatic carbocycles. The first-order chi connectivity index (χ1) is 9.65. The van der Waals surface area contributed by atoms with Gasteiger partial charge < -0.3 is 14.8 Å². The lowest BCUT2D eigenvalue weighted by Crippen LogP contribution is -2.12. The minimum atomic E-state index is -1.08. The van der Waals surface area contributed by atoms with Crippen LogP contribution in [0.25, 0.3) is 11.0 Å². The second kappa shape index (κ2) is 4.82. The molecule has 2 aromatic heterocycles. The molecule has 0 aliphatic rings. The Kier molecular flexibility index (Phi) is 3.00. The molecule has 0 radical (unpaired) electrons. The molecule has 0 unspecified atom stereocenters. The molecule has 100 valence electrons. The maximum Gasteiger partial charge on any atom is 0.338 e. The summed E-state index contributed by atoms with van der Waals surface area (Å²) in [4.78, 5) is 23.0. The highest BCUT2D eigenvalue weighted by Crippen LogP contribution is 2.25. The number of carboxylic acid groups (broad SMARTS) is 1. The van der Waals surface area contributed by atoms with Crippen molar-refractivity contribution in [2.24, 2.45) is 0 Å². The van der Waals surface area contributed by atoms with Crippen LogP contribution in [0, 0.1) is 0 Å². The predicted molar refractivity (Wildman–Crippen MR) is 75.4 cm³/mol. The van der Waals surface area contributed by atoms with Gasteiger partial charge in [-0.15, -0.1) is 11.3 Å². The van der Waals surface area contributed by atoms with Gasteiger partial charge in [-0.05, 0) is 23.6 Å². The van der Waals surface area contributed by atoms with E-state index in [2.05, 4.69) is 5.32 Å². The lowest BCUT2D eigenvalue weighted by molar-refractivity contribution is 0.0698. The lowest BCUT2D eigenvalue weighted by atomic mass is 10.2. The van der Waals surface area contributed by atoms with E-state index in [0.717, 1.165) is 16.7 Å². The first-order valence-corrected chi connectivity index (χ1v) is 6.64.